The van der Waals surface area contributed by atoms with Crippen LogP contribution in [-0.4, -0.2) is 22.0 Å². The molecular formula is C6H10INO. The Kier molecular flexibility index (Phi) is 2.91. The van der Waals surface area contributed by atoms with Gasteiger partial charge in [-0.2, -0.15) is 0 Å². The topological polar surface area (TPSA) is 20.3 Å². The van der Waals surface area contributed by atoms with Gasteiger partial charge in [-0.05, 0) is 6.42 Å². The molecule has 1 saturated heterocycles. The average molecular weight is 239 g/mol. The van der Waals surface area contributed by atoms with E-state index in [2.05, 4.69) is 26.0 Å². The van der Waals surface area contributed by atoms with Crippen molar-refractivity contribution in [2.75, 3.05) is 13.1 Å². The molecule has 1 aliphatic heterocycles. The predicted molar refractivity (Wildman–Crippen MR) is 44.5 cm³/mol. The summed E-state index contributed by atoms with van der Waals surface area (Å²) < 4.78 is 2.18. The van der Waals surface area contributed by atoms with Gasteiger partial charge in [-0.3, -0.25) is 4.79 Å². The molecule has 0 spiro atoms. The van der Waals surface area contributed by atoms with Crippen LogP contribution in [0.1, 0.15) is 19.3 Å². The predicted octanol–water partition coefficient (Wildman–Crippen LogP) is 1.39. The molecule has 1 rings (SSSR count). The first-order valence-corrected chi connectivity index (χ1v) is 4.18. The number of rotatable bonds is 0. The Morgan fingerprint density at radius 2 is 2.11 bits per heavy atom. The molecule has 0 N–H and O–H groups in total. The molecule has 0 aromatic heterocycles. The van der Waals surface area contributed by atoms with Crippen molar-refractivity contribution in [3.63, 3.8) is 0 Å². The van der Waals surface area contributed by atoms with Crippen molar-refractivity contribution >= 4 is 28.6 Å². The van der Waals surface area contributed by atoms with Gasteiger partial charge in [0.1, 0.15) is 5.78 Å². The summed E-state index contributed by atoms with van der Waals surface area (Å²) in [5.41, 5.74) is 0. The molecular weight excluding hydrogens is 229 g/mol. The minimum atomic E-state index is 0.425. The van der Waals surface area contributed by atoms with Gasteiger partial charge in [0.25, 0.3) is 0 Å². The number of Topliss-reactive ketones (excluding diaryl/α,β-unsaturated/α-hetero) is 1. The van der Waals surface area contributed by atoms with Crippen molar-refractivity contribution < 1.29 is 4.79 Å². The zero-order chi connectivity index (χ0) is 6.69. The van der Waals surface area contributed by atoms with Gasteiger partial charge in [0.15, 0.2) is 0 Å². The standard InChI is InChI=1S/C6H10INO/c7-8-4-1-2-6(9)3-5-8/h1-5H2. The smallest absolute Gasteiger partial charge is 0.134 e. The molecule has 3 heteroatoms. The van der Waals surface area contributed by atoms with E-state index < -0.39 is 0 Å². The van der Waals surface area contributed by atoms with Crippen LogP contribution < -0.4 is 0 Å². The number of ketones is 1. The van der Waals surface area contributed by atoms with Gasteiger partial charge < -0.3 is 0 Å². The lowest BCUT2D eigenvalue weighted by Crippen LogP contribution is -2.11. The zero-order valence-electron chi connectivity index (χ0n) is 5.27. The second-order valence-electron chi connectivity index (χ2n) is 2.30. The summed E-state index contributed by atoms with van der Waals surface area (Å²) in [5.74, 6) is 0.425. The summed E-state index contributed by atoms with van der Waals surface area (Å²) in [6, 6.07) is 0. The van der Waals surface area contributed by atoms with E-state index in [4.69, 9.17) is 0 Å². The van der Waals surface area contributed by atoms with Crippen molar-refractivity contribution in [3.8, 4) is 0 Å². The molecule has 0 radical (unpaired) electrons. The summed E-state index contributed by atoms with van der Waals surface area (Å²) in [7, 11) is 0. The summed E-state index contributed by atoms with van der Waals surface area (Å²) in [4.78, 5) is 10.8. The van der Waals surface area contributed by atoms with E-state index in [1.807, 2.05) is 0 Å². The fourth-order valence-corrected chi connectivity index (χ4v) is 1.51. The van der Waals surface area contributed by atoms with Gasteiger partial charge in [-0.25, -0.2) is 3.11 Å². The monoisotopic (exact) mass is 239 g/mol. The normalized spacial score (nSPS) is 23.9. The molecule has 1 heterocycles. The van der Waals surface area contributed by atoms with Crippen LogP contribution in [0.25, 0.3) is 0 Å². The molecule has 0 saturated carbocycles. The first-order valence-electron chi connectivity index (χ1n) is 3.21. The molecule has 1 fully saturated rings. The molecule has 9 heavy (non-hydrogen) atoms. The van der Waals surface area contributed by atoms with E-state index in [0.29, 0.717) is 5.78 Å². The molecule has 0 unspecified atom stereocenters. The SMILES string of the molecule is O=C1CCCN(I)CC1. The number of halogens is 1. The minimum Gasteiger partial charge on any atom is -0.300 e. The molecule has 0 amide bonds. The van der Waals surface area contributed by atoms with E-state index in [0.717, 1.165) is 32.4 Å². The molecule has 1 aliphatic rings. The molecule has 2 nitrogen and oxygen atoms in total. The van der Waals surface area contributed by atoms with Crippen LogP contribution in [-0.2, 0) is 4.79 Å². The second kappa shape index (κ2) is 3.51. The van der Waals surface area contributed by atoms with Crippen molar-refractivity contribution in [2.24, 2.45) is 0 Å². The van der Waals surface area contributed by atoms with Crippen molar-refractivity contribution in [1.29, 1.82) is 0 Å². The lowest BCUT2D eigenvalue weighted by molar-refractivity contribution is -0.118. The van der Waals surface area contributed by atoms with Crippen LogP contribution in [0, 0.1) is 0 Å². The number of hydrogen-bond acceptors (Lipinski definition) is 2. The van der Waals surface area contributed by atoms with Gasteiger partial charge >= 0.3 is 0 Å². The summed E-state index contributed by atoms with van der Waals surface area (Å²) in [6.07, 6.45) is 2.59. The van der Waals surface area contributed by atoms with Gasteiger partial charge in [-0.1, -0.05) is 0 Å². The zero-order valence-corrected chi connectivity index (χ0v) is 7.43. The molecule has 0 bridgehead atoms. The van der Waals surface area contributed by atoms with Crippen LogP contribution in [0.3, 0.4) is 0 Å². The number of nitrogens with zero attached hydrogens (tertiary/aromatic N) is 1. The summed E-state index contributed by atoms with van der Waals surface area (Å²) >= 11 is 2.27. The van der Waals surface area contributed by atoms with Crippen LogP contribution in [0.2, 0.25) is 0 Å². The Bertz CT molecular complexity index is 116. The van der Waals surface area contributed by atoms with Crippen LogP contribution in [0.4, 0.5) is 0 Å². The van der Waals surface area contributed by atoms with E-state index in [9.17, 15) is 4.79 Å². The van der Waals surface area contributed by atoms with Gasteiger partial charge in [0.05, 0.1) is 0 Å². The summed E-state index contributed by atoms with van der Waals surface area (Å²) in [5, 5.41) is 0. The maximum absolute atomic E-state index is 10.8. The highest BCUT2D eigenvalue weighted by Gasteiger charge is 2.10. The third-order valence-electron chi connectivity index (χ3n) is 1.49. The highest BCUT2D eigenvalue weighted by atomic mass is 127. The van der Waals surface area contributed by atoms with E-state index in [1.54, 1.807) is 0 Å². The van der Waals surface area contributed by atoms with Gasteiger partial charge in [0, 0.05) is 48.8 Å². The van der Waals surface area contributed by atoms with E-state index >= 15 is 0 Å². The molecule has 0 aromatic rings. The Balaban J connectivity index is 2.34. The van der Waals surface area contributed by atoms with E-state index in [1.165, 1.54) is 0 Å². The largest absolute Gasteiger partial charge is 0.300 e. The Labute approximate surface area is 69.1 Å². The molecule has 52 valence electrons. The number of carbonyl (C=O) groups excluding carboxylic acids is 1. The van der Waals surface area contributed by atoms with Crippen LogP contribution >= 0.6 is 22.9 Å². The van der Waals surface area contributed by atoms with Crippen LogP contribution in [0.5, 0.6) is 0 Å². The molecule has 0 aromatic carbocycles. The highest BCUT2D eigenvalue weighted by Crippen LogP contribution is 2.09. The summed E-state index contributed by atoms with van der Waals surface area (Å²) in [6.45, 7) is 2.02. The fraction of sp³-hybridized carbons (Fsp3) is 0.833. The van der Waals surface area contributed by atoms with Gasteiger partial charge in [-0.15, -0.1) is 0 Å². The number of hydrogen-bond donors (Lipinski definition) is 0. The number of carbonyl (C=O) groups is 1. The van der Waals surface area contributed by atoms with Gasteiger partial charge in [0.2, 0.25) is 0 Å². The first kappa shape index (κ1) is 7.47. The third-order valence-corrected chi connectivity index (χ3v) is 2.45. The minimum absolute atomic E-state index is 0.425. The Hall–Kier alpha value is 0.360. The fourth-order valence-electron chi connectivity index (χ4n) is 0.931. The Morgan fingerprint density at radius 1 is 1.33 bits per heavy atom. The second-order valence-corrected chi connectivity index (χ2v) is 3.67. The Morgan fingerprint density at radius 3 is 2.89 bits per heavy atom. The maximum Gasteiger partial charge on any atom is 0.134 e. The lowest BCUT2D eigenvalue weighted by atomic mass is 10.2. The highest BCUT2D eigenvalue weighted by molar-refractivity contribution is 14.1. The van der Waals surface area contributed by atoms with Crippen molar-refractivity contribution in [3.05, 3.63) is 0 Å². The lowest BCUT2D eigenvalue weighted by Gasteiger charge is -2.06. The quantitative estimate of drug-likeness (QED) is 0.470. The van der Waals surface area contributed by atoms with Crippen LogP contribution in [0.15, 0.2) is 0 Å². The maximum atomic E-state index is 10.8. The van der Waals surface area contributed by atoms with Crippen molar-refractivity contribution in [1.82, 2.24) is 3.11 Å². The molecule has 0 aliphatic carbocycles. The average Bonchev–Trinajstić information content (AvgIpc) is 1.97. The first-order chi connectivity index (χ1) is 4.29. The molecule has 0 atom stereocenters. The van der Waals surface area contributed by atoms with Crippen molar-refractivity contribution in [2.45, 2.75) is 19.3 Å². The third kappa shape index (κ3) is 2.62. The van der Waals surface area contributed by atoms with E-state index in [-0.39, 0.29) is 0 Å².